The zero-order valence-corrected chi connectivity index (χ0v) is 13.0. The topological polar surface area (TPSA) is 12.0 Å². The third-order valence-electron chi connectivity index (χ3n) is 3.56. The molecule has 0 saturated heterocycles. The highest BCUT2D eigenvalue weighted by molar-refractivity contribution is 5.46. The van der Waals surface area contributed by atoms with Gasteiger partial charge in [0.15, 0.2) is 0 Å². The summed E-state index contributed by atoms with van der Waals surface area (Å²) in [5.41, 5.74) is 5.22. The lowest BCUT2D eigenvalue weighted by Gasteiger charge is -2.16. The lowest BCUT2D eigenvalue weighted by Crippen LogP contribution is -2.06. The summed E-state index contributed by atoms with van der Waals surface area (Å²) >= 11 is 0. The molecule has 1 N–H and O–H groups in total. The van der Waals surface area contributed by atoms with E-state index in [0.29, 0.717) is 12.0 Å². The van der Waals surface area contributed by atoms with Gasteiger partial charge in [0, 0.05) is 11.7 Å². The highest BCUT2D eigenvalue weighted by atomic mass is 14.9. The first kappa shape index (κ1) is 14.6. The molecule has 1 atom stereocenters. The molecule has 0 radical (unpaired) electrons. The summed E-state index contributed by atoms with van der Waals surface area (Å²) in [4.78, 5) is 0. The fraction of sp³-hybridized carbons (Fsp3) is 0.368. The van der Waals surface area contributed by atoms with Crippen LogP contribution >= 0.6 is 0 Å². The normalized spacial score (nSPS) is 12.4. The molecule has 1 nitrogen and oxygen atoms in total. The summed E-state index contributed by atoms with van der Waals surface area (Å²) in [6.45, 7) is 8.84. The molecule has 2 aromatic rings. The van der Waals surface area contributed by atoms with Crippen LogP contribution in [0.15, 0.2) is 48.5 Å². The Balaban J connectivity index is 2.01. The van der Waals surface area contributed by atoms with E-state index in [1.165, 1.54) is 22.4 Å². The molecular weight excluding hydrogens is 242 g/mol. The van der Waals surface area contributed by atoms with Gasteiger partial charge >= 0.3 is 0 Å². The Kier molecular flexibility index (Phi) is 4.84. The molecule has 20 heavy (non-hydrogen) atoms. The zero-order chi connectivity index (χ0) is 14.5. The van der Waals surface area contributed by atoms with E-state index in [1.807, 2.05) is 0 Å². The second kappa shape index (κ2) is 6.60. The van der Waals surface area contributed by atoms with Crippen LogP contribution in [0.3, 0.4) is 0 Å². The number of aryl methyl sites for hydroxylation is 1. The van der Waals surface area contributed by atoms with E-state index in [4.69, 9.17) is 0 Å². The molecule has 1 unspecified atom stereocenters. The van der Waals surface area contributed by atoms with Gasteiger partial charge in [-0.2, -0.15) is 0 Å². The van der Waals surface area contributed by atoms with Crippen LogP contribution in [0.5, 0.6) is 0 Å². The number of anilines is 1. The molecular formula is C19H25N. The van der Waals surface area contributed by atoms with E-state index in [0.717, 1.165) is 6.42 Å². The molecule has 0 spiro atoms. The molecule has 0 heterocycles. The minimum atomic E-state index is 0.325. The van der Waals surface area contributed by atoms with Gasteiger partial charge in [-0.15, -0.1) is 0 Å². The third-order valence-corrected chi connectivity index (χ3v) is 3.56. The standard InChI is InChI=1S/C19H25N/c1-14(2)13-17-7-9-18(10-8-17)16(4)20-19-11-5-15(3)6-12-19/h5-12,14,16,20H,13H2,1-4H3. The molecule has 0 saturated carbocycles. The number of benzene rings is 2. The Labute approximate surface area is 123 Å². The zero-order valence-electron chi connectivity index (χ0n) is 13.0. The molecule has 0 aliphatic rings. The van der Waals surface area contributed by atoms with Crippen molar-refractivity contribution in [2.24, 2.45) is 5.92 Å². The Bertz CT molecular complexity index is 523. The number of hydrogen-bond donors (Lipinski definition) is 1. The highest BCUT2D eigenvalue weighted by Gasteiger charge is 2.05. The Morgan fingerprint density at radius 1 is 0.850 bits per heavy atom. The van der Waals surface area contributed by atoms with E-state index in [1.54, 1.807) is 0 Å². The summed E-state index contributed by atoms with van der Waals surface area (Å²) in [6.07, 6.45) is 1.15. The Morgan fingerprint density at radius 2 is 1.45 bits per heavy atom. The van der Waals surface area contributed by atoms with Crippen LogP contribution in [0.2, 0.25) is 0 Å². The van der Waals surface area contributed by atoms with Gasteiger partial charge < -0.3 is 5.32 Å². The molecule has 1 heteroatoms. The largest absolute Gasteiger partial charge is 0.379 e. The van der Waals surface area contributed by atoms with Crippen molar-refractivity contribution < 1.29 is 0 Å². The maximum absolute atomic E-state index is 3.55. The van der Waals surface area contributed by atoms with Gasteiger partial charge in [-0.05, 0) is 49.4 Å². The van der Waals surface area contributed by atoms with E-state index < -0.39 is 0 Å². The van der Waals surface area contributed by atoms with Crippen LogP contribution in [-0.4, -0.2) is 0 Å². The van der Waals surface area contributed by atoms with Crippen molar-refractivity contribution in [2.45, 2.75) is 40.2 Å². The van der Waals surface area contributed by atoms with Crippen molar-refractivity contribution in [3.8, 4) is 0 Å². The van der Waals surface area contributed by atoms with Gasteiger partial charge in [-0.3, -0.25) is 0 Å². The minimum absolute atomic E-state index is 0.325. The van der Waals surface area contributed by atoms with Crippen LogP contribution in [0.4, 0.5) is 5.69 Å². The molecule has 2 aromatic carbocycles. The molecule has 0 bridgehead atoms. The summed E-state index contributed by atoms with van der Waals surface area (Å²) in [5.74, 6) is 0.712. The van der Waals surface area contributed by atoms with Crippen molar-refractivity contribution in [3.63, 3.8) is 0 Å². The summed E-state index contributed by atoms with van der Waals surface area (Å²) in [6, 6.07) is 17.9. The second-order valence-electron chi connectivity index (χ2n) is 6.07. The first-order valence-corrected chi connectivity index (χ1v) is 7.46. The third kappa shape index (κ3) is 4.12. The SMILES string of the molecule is Cc1ccc(NC(C)c2ccc(CC(C)C)cc2)cc1. The van der Waals surface area contributed by atoms with Crippen molar-refractivity contribution in [2.75, 3.05) is 5.32 Å². The van der Waals surface area contributed by atoms with E-state index in [9.17, 15) is 0 Å². The van der Waals surface area contributed by atoms with Gasteiger partial charge in [-0.1, -0.05) is 55.8 Å². The summed E-state index contributed by atoms with van der Waals surface area (Å²) in [7, 11) is 0. The van der Waals surface area contributed by atoms with E-state index in [-0.39, 0.29) is 0 Å². The lowest BCUT2D eigenvalue weighted by molar-refractivity contribution is 0.647. The molecule has 106 valence electrons. The predicted molar refractivity (Wildman–Crippen MR) is 88.2 cm³/mol. The molecule has 0 aromatic heterocycles. The maximum Gasteiger partial charge on any atom is 0.0485 e. The van der Waals surface area contributed by atoms with Crippen LogP contribution in [-0.2, 0) is 6.42 Å². The fourth-order valence-electron chi connectivity index (χ4n) is 2.40. The molecule has 0 aliphatic heterocycles. The van der Waals surface area contributed by atoms with Crippen molar-refractivity contribution >= 4 is 5.69 Å². The predicted octanol–water partition coefficient (Wildman–Crippen LogP) is 5.37. The first-order chi connectivity index (χ1) is 9.54. The first-order valence-electron chi connectivity index (χ1n) is 7.46. The number of rotatable bonds is 5. The van der Waals surface area contributed by atoms with Crippen molar-refractivity contribution in [3.05, 3.63) is 65.2 Å². The Hall–Kier alpha value is -1.76. The second-order valence-corrected chi connectivity index (χ2v) is 6.07. The van der Waals surface area contributed by atoms with Crippen LogP contribution < -0.4 is 5.32 Å². The highest BCUT2D eigenvalue weighted by Crippen LogP contribution is 2.20. The van der Waals surface area contributed by atoms with E-state index in [2.05, 4.69) is 81.5 Å². The quantitative estimate of drug-likeness (QED) is 0.768. The average molecular weight is 267 g/mol. The summed E-state index contributed by atoms with van der Waals surface area (Å²) < 4.78 is 0. The molecule has 0 aliphatic carbocycles. The maximum atomic E-state index is 3.55. The fourth-order valence-corrected chi connectivity index (χ4v) is 2.40. The van der Waals surface area contributed by atoms with Crippen molar-refractivity contribution in [1.82, 2.24) is 0 Å². The lowest BCUT2D eigenvalue weighted by atomic mass is 10.00. The van der Waals surface area contributed by atoms with Crippen LogP contribution in [0.25, 0.3) is 0 Å². The summed E-state index contributed by atoms with van der Waals surface area (Å²) in [5, 5.41) is 3.55. The van der Waals surface area contributed by atoms with Crippen molar-refractivity contribution in [1.29, 1.82) is 0 Å². The number of hydrogen-bond acceptors (Lipinski definition) is 1. The average Bonchev–Trinajstić information content (AvgIpc) is 2.41. The van der Waals surface area contributed by atoms with Gasteiger partial charge in [-0.25, -0.2) is 0 Å². The van der Waals surface area contributed by atoms with Gasteiger partial charge in [0.2, 0.25) is 0 Å². The van der Waals surface area contributed by atoms with Gasteiger partial charge in [0.1, 0.15) is 0 Å². The molecule has 0 fully saturated rings. The monoisotopic (exact) mass is 267 g/mol. The number of nitrogens with one attached hydrogen (secondary N) is 1. The van der Waals surface area contributed by atoms with Crippen LogP contribution in [0, 0.1) is 12.8 Å². The smallest absolute Gasteiger partial charge is 0.0485 e. The van der Waals surface area contributed by atoms with E-state index >= 15 is 0 Å². The van der Waals surface area contributed by atoms with Gasteiger partial charge in [0.25, 0.3) is 0 Å². The van der Waals surface area contributed by atoms with Gasteiger partial charge in [0.05, 0.1) is 0 Å². The minimum Gasteiger partial charge on any atom is -0.379 e. The Morgan fingerprint density at radius 3 is 2.00 bits per heavy atom. The molecule has 0 amide bonds. The van der Waals surface area contributed by atoms with Crippen LogP contribution in [0.1, 0.15) is 43.5 Å². The molecule has 2 rings (SSSR count).